The molecule has 3 rings (SSSR count). The van der Waals surface area contributed by atoms with Gasteiger partial charge in [-0.2, -0.15) is 0 Å². The number of carbonyl (C=O) groups excluding carboxylic acids is 1. The summed E-state index contributed by atoms with van der Waals surface area (Å²) in [5, 5.41) is 4.18. The predicted octanol–water partition coefficient (Wildman–Crippen LogP) is 4.07. The zero-order valence-corrected chi connectivity index (χ0v) is 19.0. The number of primary amides is 1. The van der Waals surface area contributed by atoms with Crippen LogP contribution in [0.1, 0.15) is 51.8 Å². The SMILES string of the molecule is CN[C@H]1CC[C@@H](c2ccc(Cl)c(Cl)c2)c2cc(C(N)=O)c(NS(C)(=O)=O)cc21.Cl. The first-order valence-corrected chi connectivity index (χ1v) is 11.3. The molecule has 1 amide bonds. The minimum atomic E-state index is -3.57. The molecule has 0 fully saturated rings. The fraction of sp³-hybridized carbons (Fsp3) is 0.316. The Labute approximate surface area is 186 Å². The van der Waals surface area contributed by atoms with Gasteiger partial charge < -0.3 is 11.1 Å². The van der Waals surface area contributed by atoms with Crippen LogP contribution in [0, 0.1) is 0 Å². The molecule has 0 spiro atoms. The summed E-state index contributed by atoms with van der Waals surface area (Å²) in [5.41, 5.74) is 8.66. The maximum Gasteiger partial charge on any atom is 0.250 e. The lowest BCUT2D eigenvalue weighted by Crippen LogP contribution is -2.26. The number of fused-ring (bicyclic) bond motifs is 1. The highest BCUT2D eigenvalue weighted by molar-refractivity contribution is 7.92. The van der Waals surface area contributed by atoms with Crippen LogP contribution in [0.3, 0.4) is 0 Å². The lowest BCUT2D eigenvalue weighted by molar-refractivity contribution is 0.100. The Morgan fingerprint density at radius 2 is 1.79 bits per heavy atom. The molecule has 158 valence electrons. The van der Waals surface area contributed by atoms with E-state index in [0.717, 1.165) is 35.8 Å². The van der Waals surface area contributed by atoms with Gasteiger partial charge in [0, 0.05) is 12.0 Å². The summed E-state index contributed by atoms with van der Waals surface area (Å²) in [6, 6.07) is 8.89. The molecule has 4 N–H and O–H groups in total. The summed E-state index contributed by atoms with van der Waals surface area (Å²) >= 11 is 12.2. The molecule has 0 aromatic heterocycles. The monoisotopic (exact) mass is 477 g/mol. The summed E-state index contributed by atoms with van der Waals surface area (Å²) < 4.78 is 25.9. The van der Waals surface area contributed by atoms with Crippen molar-refractivity contribution in [2.45, 2.75) is 24.8 Å². The van der Waals surface area contributed by atoms with Gasteiger partial charge >= 0.3 is 0 Å². The highest BCUT2D eigenvalue weighted by atomic mass is 35.5. The van der Waals surface area contributed by atoms with Crippen LogP contribution in [0.4, 0.5) is 5.69 Å². The van der Waals surface area contributed by atoms with Crippen LogP contribution in [-0.2, 0) is 10.0 Å². The fourth-order valence-electron chi connectivity index (χ4n) is 3.74. The Kier molecular flexibility index (Phi) is 7.46. The second kappa shape index (κ2) is 9.10. The summed E-state index contributed by atoms with van der Waals surface area (Å²) in [6.07, 6.45) is 2.70. The molecule has 0 saturated carbocycles. The van der Waals surface area contributed by atoms with Crippen molar-refractivity contribution >= 4 is 57.2 Å². The van der Waals surface area contributed by atoms with E-state index in [4.69, 9.17) is 28.9 Å². The van der Waals surface area contributed by atoms with E-state index >= 15 is 0 Å². The molecule has 0 saturated heterocycles. The van der Waals surface area contributed by atoms with Crippen molar-refractivity contribution in [1.82, 2.24) is 5.32 Å². The molecule has 2 aromatic carbocycles. The van der Waals surface area contributed by atoms with Crippen molar-refractivity contribution in [3.8, 4) is 0 Å². The molecular weight excluding hydrogens is 457 g/mol. The van der Waals surface area contributed by atoms with E-state index in [1.165, 1.54) is 0 Å². The Bertz CT molecular complexity index is 1040. The topological polar surface area (TPSA) is 101 Å². The zero-order valence-electron chi connectivity index (χ0n) is 15.8. The molecule has 10 heteroatoms. The average Bonchev–Trinajstić information content (AvgIpc) is 2.61. The van der Waals surface area contributed by atoms with Gasteiger partial charge in [0.25, 0.3) is 5.91 Å². The summed E-state index contributed by atoms with van der Waals surface area (Å²) in [5.74, 6) is -0.715. The third-order valence-electron chi connectivity index (χ3n) is 4.97. The molecule has 1 aliphatic carbocycles. The maximum atomic E-state index is 12.0. The number of halogens is 3. The Morgan fingerprint density at radius 3 is 2.34 bits per heavy atom. The predicted molar refractivity (Wildman–Crippen MR) is 120 cm³/mol. The number of rotatable bonds is 5. The van der Waals surface area contributed by atoms with Gasteiger partial charge in [0.2, 0.25) is 10.0 Å². The van der Waals surface area contributed by atoms with Crippen molar-refractivity contribution < 1.29 is 13.2 Å². The molecule has 0 unspecified atom stereocenters. The highest BCUT2D eigenvalue weighted by Crippen LogP contribution is 2.44. The van der Waals surface area contributed by atoms with E-state index in [2.05, 4.69) is 10.0 Å². The molecule has 2 atom stereocenters. The van der Waals surface area contributed by atoms with Gasteiger partial charge in [-0.05, 0) is 60.8 Å². The fourth-order valence-corrected chi connectivity index (χ4v) is 4.62. The molecule has 0 bridgehead atoms. The first kappa shape index (κ1) is 23.8. The van der Waals surface area contributed by atoms with Crippen molar-refractivity contribution in [3.05, 3.63) is 62.6 Å². The van der Waals surface area contributed by atoms with E-state index in [1.54, 1.807) is 18.2 Å². The number of hydrogen-bond donors (Lipinski definition) is 3. The molecule has 1 aliphatic rings. The van der Waals surface area contributed by atoms with Crippen molar-refractivity contribution in [1.29, 1.82) is 0 Å². The van der Waals surface area contributed by atoms with Crippen molar-refractivity contribution in [2.24, 2.45) is 5.73 Å². The zero-order chi connectivity index (χ0) is 20.6. The molecule has 0 aliphatic heterocycles. The van der Waals surface area contributed by atoms with Gasteiger partial charge in [-0.3, -0.25) is 9.52 Å². The van der Waals surface area contributed by atoms with Crippen LogP contribution < -0.4 is 15.8 Å². The van der Waals surface area contributed by atoms with Crippen molar-refractivity contribution in [3.63, 3.8) is 0 Å². The van der Waals surface area contributed by atoms with Crippen LogP contribution in [0.5, 0.6) is 0 Å². The van der Waals surface area contributed by atoms with Crippen LogP contribution in [0.2, 0.25) is 10.0 Å². The van der Waals surface area contributed by atoms with Crippen molar-refractivity contribution in [2.75, 3.05) is 18.0 Å². The van der Waals surface area contributed by atoms with E-state index in [0.29, 0.717) is 10.0 Å². The standard InChI is InChI=1S/C19H21Cl2N3O3S.ClH/c1-23-17-6-4-11(10-3-5-15(20)16(21)7-10)12-8-14(19(22)25)18(9-13(12)17)24-28(2,26)27;/h3,5,7-9,11,17,23-24H,4,6H2,1-2H3,(H2,22,25);1H/t11-,17-;/m0./s1. The van der Waals surface area contributed by atoms with E-state index in [-0.39, 0.29) is 35.6 Å². The molecule has 2 aromatic rings. The van der Waals surface area contributed by atoms with E-state index < -0.39 is 15.9 Å². The largest absolute Gasteiger partial charge is 0.366 e. The first-order chi connectivity index (χ1) is 13.1. The summed E-state index contributed by atoms with van der Waals surface area (Å²) in [6.45, 7) is 0. The number of hydrogen-bond acceptors (Lipinski definition) is 4. The lowest BCUT2D eigenvalue weighted by Gasteiger charge is -2.33. The number of nitrogens with two attached hydrogens (primary N) is 1. The number of anilines is 1. The van der Waals surface area contributed by atoms with E-state index in [1.807, 2.05) is 19.2 Å². The second-order valence-electron chi connectivity index (χ2n) is 6.91. The second-order valence-corrected chi connectivity index (χ2v) is 9.47. The first-order valence-electron chi connectivity index (χ1n) is 8.68. The third-order valence-corrected chi connectivity index (χ3v) is 6.30. The van der Waals surface area contributed by atoms with Crippen LogP contribution in [-0.4, -0.2) is 27.6 Å². The molecule has 6 nitrogen and oxygen atoms in total. The summed E-state index contributed by atoms with van der Waals surface area (Å²) in [4.78, 5) is 12.0. The molecular formula is C19H22Cl3N3O3S. The Balaban J connectivity index is 0.00000300. The van der Waals surface area contributed by atoms with E-state index in [9.17, 15) is 13.2 Å². The number of carbonyl (C=O) groups is 1. The van der Waals surface area contributed by atoms with Gasteiger partial charge in [0.1, 0.15) is 0 Å². The smallest absolute Gasteiger partial charge is 0.250 e. The van der Waals surface area contributed by atoms with Gasteiger partial charge in [-0.1, -0.05) is 29.3 Å². The molecule has 0 heterocycles. The summed E-state index contributed by atoms with van der Waals surface area (Å²) in [7, 11) is -1.72. The van der Waals surface area contributed by atoms with Crippen LogP contribution in [0.15, 0.2) is 30.3 Å². The minimum absolute atomic E-state index is 0. The van der Waals surface area contributed by atoms with Crippen LogP contribution in [0.25, 0.3) is 0 Å². The average molecular weight is 479 g/mol. The third kappa shape index (κ3) is 5.16. The Hall–Kier alpha value is -1.51. The normalized spacial score (nSPS) is 18.5. The minimum Gasteiger partial charge on any atom is -0.366 e. The molecule has 0 radical (unpaired) electrons. The number of benzene rings is 2. The van der Waals surface area contributed by atoms with Crippen LogP contribution >= 0.6 is 35.6 Å². The lowest BCUT2D eigenvalue weighted by atomic mass is 9.76. The quantitative estimate of drug-likeness (QED) is 0.603. The maximum absolute atomic E-state index is 12.0. The number of amides is 1. The highest BCUT2D eigenvalue weighted by Gasteiger charge is 2.30. The van der Waals surface area contributed by atoms with Gasteiger partial charge in [-0.25, -0.2) is 8.42 Å². The number of sulfonamides is 1. The molecule has 29 heavy (non-hydrogen) atoms. The van der Waals surface area contributed by atoms with Gasteiger partial charge in [0.05, 0.1) is 27.6 Å². The number of nitrogens with one attached hydrogen (secondary N) is 2. The van der Waals surface area contributed by atoms with Gasteiger partial charge in [-0.15, -0.1) is 12.4 Å². The van der Waals surface area contributed by atoms with Gasteiger partial charge in [0.15, 0.2) is 0 Å². The Morgan fingerprint density at radius 1 is 1.10 bits per heavy atom.